The summed E-state index contributed by atoms with van der Waals surface area (Å²) < 4.78 is 5.47. The first-order chi connectivity index (χ1) is 14.3. The van der Waals surface area contributed by atoms with Gasteiger partial charge in [-0.05, 0) is 50.1 Å². The highest BCUT2D eigenvalue weighted by Crippen LogP contribution is 2.40. The van der Waals surface area contributed by atoms with Crippen LogP contribution in [0.2, 0.25) is 0 Å². The van der Waals surface area contributed by atoms with E-state index in [2.05, 4.69) is 16.4 Å². The van der Waals surface area contributed by atoms with Crippen LogP contribution in [-0.4, -0.2) is 22.6 Å². The molecule has 0 saturated carbocycles. The summed E-state index contributed by atoms with van der Waals surface area (Å²) in [4.78, 5) is 29.0. The number of hydrogen-bond acceptors (Lipinski definition) is 6. The summed E-state index contributed by atoms with van der Waals surface area (Å²) in [6.07, 6.45) is 1.48. The quantitative estimate of drug-likeness (QED) is 0.761. The van der Waals surface area contributed by atoms with Crippen LogP contribution >= 0.6 is 11.8 Å². The van der Waals surface area contributed by atoms with E-state index in [1.807, 2.05) is 32.0 Å². The number of benzene rings is 1. The van der Waals surface area contributed by atoms with E-state index in [0.29, 0.717) is 16.5 Å². The summed E-state index contributed by atoms with van der Waals surface area (Å²) in [6.45, 7) is 5.55. The van der Waals surface area contributed by atoms with Crippen LogP contribution < -0.4 is 11.1 Å². The molecule has 0 spiro atoms. The van der Waals surface area contributed by atoms with Gasteiger partial charge in [0.2, 0.25) is 11.8 Å². The zero-order chi connectivity index (χ0) is 21.8. The molecule has 2 atom stereocenters. The van der Waals surface area contributed by atoms with Crippen molar-refractivity contribution in [2.45, 2.75) is 26.7 Å². The number of aliphatic imine (C=N–C) groups is 1. The number of nitriles is 1. The number of carbonyl (C=O) groups excluding carboxylic acids is 2. The van der Waals surface area contributed by atoms with Crippen molar-refractivity contribution in [1.29, 1.82) is 5.26 Å². The van der Waals surface area contributed by atoms with Crippen LogP contribution in [0.1, 0.15) is 29.7 Å². The number of allylic oxidation sites excluding steroid dienone is 1. The second-order valence-corrected chi connectivity index (χ2v) is 8.06. The number of furan rings is 1. The van der Waals surface area contributed by atoms with Gasteiger partial charge in [-0.15, -0.1) is 0 Å². The lowest BCUT2D eigenvalue weighted by Gasteiger charge is -2.27. The third-order valence-corrected chi connectivity index (χ3v) is 5.90. The summed E-state index contributed by atoms with van der Waals surface area (Å²) >= 11 is 1.17. The molecule has 1 aromatic carbocycles. The Kier molecular flexibility index (Phi) is 6.43. The predicted octanol–water partition coefficient (Wildman–Crippen LogP) is 3.66. The number of nitrogens with zero attached hydrogens (tertiary/aromatic N) is 2. The van der Waals surface area contributed by atoms with E-state index in [9.17, 15) is 14.9 Å². The van der Waals surface area contributed by atoms with Gasteiger partial charge in [0.1, 0.15) is 11.7 Å². The minimum atomic E-state index is -0.777. The summed E-state index contributed by atoms with van der Waals surface area (Å²) in [5, 5.41) is 13.2. The molecule has 0 radical (unpaired) electrons. The summed E-state index contributed by atoms with van der Waals surface area (Å²) in [6, 6.07) is 11.4. The van der Waals surface area contributed by atoms with E-state index in [1.54, 1.807) is 19.1 Å². The average molecular weight is 423 g/mol. The lowest BCUT2D eigenvalue weighted by atomic mass is 9.82. The molecule has 1 aliphatic heterocycles. The van der Waals surface area contributed by atoms with Crippen molar-refractivity contribution in [2.75, 3.05) is 11.1 Å². The van der Waals surface area contributed by atoms with Gasteiger partial charge in [0.05, 0.1) is 34.6 Å². The van der Waals surface area contributed by atoms with Crippen molar-refractivity contribution >= 4 is 34.3 Å². The smallest absolute Gasteiger partial charge is 0.247 e. The van der Waals surface area contributed by atoms with Crippen molar-refractivity contribution in [1.82, 2.24) is 0 Å². The molecule has 30 heavy (non-hydrogen) atoms. The number of hydrogen-bond donors (Lipinski definition) is 2. The molecule has 0 aliphatic carbocycles. The van der Waals surface area contributed by atoms with Gasteiger partial charge < -0.3 is 15.5 Å². The molecule has 1 aromatic heterocycles. The first-order valence-corrected chi connectivity index (χ1v) is 10.3. The number of thioether (sulfide) groups is 1. The zero-order valence-electron chi connectivity index (χ0n) is 16.9. The number of primary amides is 1. The minimum Gasteiger partial charge on any atom is -0.469 e. The third kappa shape index (κ3) is 4.47. The number of nitrogens with two attached hydrogens (primary N) is 1. The average Bonchev–Trinajstić information content (AvgIpc) is 3.22. The molecule has 1 aliphatic rings. The van der Waals surface area contributed by atoms with Gasteiger partial charge in [0.15, 0.2) is 0 Å². The van der Waals surface area contributed by atoms with Crippen LogP contribution in [0.25, 0.3) is 0 Å². The van der Waals surface area contributed by atoms with Crippen LogP contribution in [0.15, 0.2) is 57.3 Å². The molecule has 2 aromatic rings. The summed E-state index contributed by atoms with van der Waals surface area (Å²) in [5.74, 6) is -1.75. The molecular formula is C22H22N4O3S. The molecule has 154 valence electrons. The van der Waals surface area contributed by atoms with Crippen molar-refractivity contribution in [2.24, 2.45) is 16.6 Å². The van der Waals surface area contributed by atoms with Gasteiger partial charge in [-0.25, -0.2) is 4.99 Å². The number of nitrogens with one attached hydrogen (secondary N) is 1. The molecule has 2 heterocycles. The van der Waals surface area contributed by atoms with Crippen molar-refractivity contribution in [3.8, 4) is 6.07 Å². The third-order valence-electron chi connectivity index (χ3n) is 4.85. The molecule has 8 heteroatoms. The van der Waals surface area contributed by atoms with Crippen LogP contribution in [0, 0.1) is 31.1 Å². The van der Waals surface area contributed by atoms with E-state index in [1.165, 1.54) is 18.0 Å². The van der Waals surface area contributed by atoms with E-state index >= 15 is 0 Å². The van der Waals surface area contributed by atoms with Gasteiger partial charge in [0, 0.05) is 11.4 Å². The Morgan fingerprint density at radius 3 is 2.70 bits per heavy atom. The zero-order valence-corrected chi connectivity index (χ0v) is 17.7. The number of rotatable bonds is 5. The first kappa shape index (κ1) is 21.4. The molecule has 1 unspecified atom stereocenters. The lowest BCUT2D eigenvalue weighted by molar-refractivity contribution is -0.115. The Labute approximate surface area is 179 Å². The fraction of sp³-hybridized carbons (Fsp3) is 0.273. The SMILES string of the molecule is CC1=C(C(N)=O)[C@@H](c2ccco2)C(C#N)C(SCC(=O)Nc2cc(C)ccc2C)=N1. The molecule has 0 saturated heterocycles. The monoisotopic (exact) mass is 422 g/mol. The van der Waals surface area contributed by atoms with Crippen LogP contribution in [0.3, 0.4) is 0 Å². The van der Waals surface area contributed by atoms with Crippen LogP contribution in [0.5, 0.6) is 0 Å². The highest BCUT2D eigenvalue weighted by atomic mass is 32.2. The van der Waals surface area contributed by atoms with E-state index in [-0.39, 0.29) is 17.2 Å². The highest BCUT2D eigenvalue weighted by molar-refractivity contribution is 8.14. The second-order valence-electron chi connectivity index (χ2n) is 7.07. The van der Waals surface area contributed by atoms with E-state index in [0.717, 1.165) is 16.8 Å². The van der Waals surface area contributed by atoms with Gasteiger partial charge in [-0.1, -0.05) is 23.9 Å². The van der Waals surface area contributed by atoms with Crippen molar-refractivity contribution < 1.29 is 14.0 Å². The Morgan fingerprint density at radius 2 is 2.07 bits per heavy atom. The molecule has 7 nitrogen and oxygen atoms in total. The van der Waals surface area contributed by atoms with Gasteiger partial charge in [-0.2, -0.15) is 5.26 Å². The minimum absolute atomic E-state index is 0.0778. The Balaban J connectivity index is 1.82. The normalized spacial score (nSPS) is 18.5. The molecular weight excluding hydrogens is 400 g/mol. The van der Waals surface area contributed by atoms with Gasteiger partial charge >= 0.3 is 0 Å². The van der Waals surface area contributed by atoms with Gasteiger partial charge in [-0.3, -0.25) is 9.59 Å². The first-order valence-electron chi connectivity index (χ1n) is 9.34. The maximum Gasteiger partial charge on any atom is 0.247 e. The maximum atomic E-state index is 12.5. The Morgan fingerprint density at radius 1 is 1.30 bits per heavy atom. The fourth-order valence-corrected chi connectivity index (χ4v) is 4.30. The summed E-state index contributed by atoms with van der Waals surface area (Å²) in [5.41, 5.74) is 9.00. The standard InChI is InChI=1S/C22H22N4O3S/c1-12-6-7-13(2)16(9-12)26-18(27)11-30-22-15(10-23)20(17-5-4-8-29-17)19(21(24)28)14(3)25-22/h4-9,15,20H,11H2,1-3H3,(H2,24,28)(H,26,27)/t15?,20-/m1/s1. The number of aryl methyl sites for hydroxylation is 2. The topological polar surface area (TPSA) is 121 Å². The Bertz CT molecular complexity index is 1080. The number of carbonyl (C=O) groups is 2. The highest BCUT2D eigenvalue weighted by Gasteiger charge is 2.39. The maximum absolute atomic E-state index is 12.5. The molecule has 0 bridgehead atoms. The van der Waals surface area contributed by atoms with E-state index < -0.39 is 17.7 Å². The lowest BCUT2D eigenvalue weighted by Crippen LogP contribution is -2.32. The predicted molar refractivity (Wildman–Crippen MR) is 117 cm³/mol. The van der Waals surface area contributed by atoms with Gasteiger partial charge in [0.25, 0.3) is 0 Å². The summed E-state index contributed by atoms with van der Waals surface area (Å²) in [7, 11) is 0. The van der Waals surface area contributed by atoms with Crippen LogP contribution in [0.4, 0.5) is 5.69 Å². The van der Waals surface area contributed by atoms with Crippen LogP contribution in [-0.2, 0) is 9.59 Å². The number of amides is 2. The molecule has 0 fully saturated rings. The van der Waals surface area contributed by atoms with E-state index in [4.69, 9.17) is 10.2 Å². The molecule has 3 N–H and O–H groups in total. The number of anilines is 1. The largest absolute Gasteiger partial charge is 0.469 e. The Hall–Kier alpha value is -3.31. The molecule has 2 amide bonds. The fourth-order valence-electron chi connectivity index (χ4n) is 3.38. The van der Waals surface area contributed by atoms with Crippen molar-refractivity contribution in [3.63, 3.8) is 0 Å². The second kappa shape index (κ2) is 9.01. The molecule has 3 rings (SSSR count). The van der Waals surface area contributed by atoms with Crippen molar-refractivity contribution in [3.05, 3.63) is 64.8 Å².